The highest BCUT2D eigenvalue weighted by Gasteiger charge is 2.49. The van der Waals surface area contributed by atoms with Gasteiger partial charge in [-0.1, -0.05) is 60.3 Å². The molecule has 0 saturated carbocycles. The van der Waals surface area contributed by atoms with Gasteiger partial charge >= 0.3 is 0 Å². The average molecular weight is 493 g/mol. The molecule has 8 heteroatoms. The van der Waals surface area contributed by atoms with E-state index in [1.54, 1.807) is 0 Å². The van der Waals surface area contributed by atoms with Gasteiger partial charge in [0.2, 0.25) is 5.91 Å². The Morgan fingerprint density at radius 2 is 1.56 bits per heavy atom. The summed E-state index contributed by atoms with van der Waals surface area (Å²) in [5.74, 6) is 1.37. The lowest BCUT2D eigenvalue weighted by Crippen LogP contribution is -2.37. The number of rotatable bonds is 6. The minimum atomic E-state index is -3.12. The molecule has 6 nitrogen and oxygen atoms in total. The summed E-state index contributed by atoms with van der Waals surface area (Å²) in [6.07, 6.45) is 0.924. The summed E-state index contributed by atoms with van der Waals surface area (Å²) < 4.78 is 30.5. The smallest absolute Gasteiger partial charge is 0.248 e. The Balaban J connectivity index is 1.36. The van der Waals surface area contributed by atoms with Gasteiger partial charge in [0.25, 0.3) is 0 Å². The number of hydrogen-bond acceptors (Lipinski definition) is 5. The van der Waals surface area contributed by atoms with E-state index in [1.165, 1.54) is 11.8 Å². The molecule has 2 atom stereocenters. The van der Waals surface area contributed by atoms with Gasteiger partial charge in [-0.05, 0) is 48.4 Å². The largest absolute Gasteiger partial charge is 0.457 e. The van der Waals surface area contributed by atoms with Crippen molar-refractivity contribution in [3.8, 4) is 11.5 Å². The Hall–Kier alpha value is -3.10. The molecule has 174 valence electrons. The molecule has 5 rings (SSSR count). The lowest BCUT2D eigenvalue weighted by Gasteiger charge is -2.24. The lowest BCUT2D eigenvalue weighted by atomic mass is 10.1. The number of hydrogen-bond donors (Lipinski definition) is 0. The second-order valence-corrected chi connectivity index (χ2v) is 11.7. The van der Waals surface area contributed by atoms with Crippen LogP contribution in [0.25, 0.3) is 0 Å². The van der Waals surface area contributed by atoms with Crippen LogP contribution in [0.5, 0.6) is 11.5 Å². The van der Waals surface area contributed by atoms with Crippen molar-refractivity contribution in [3.05, 3.63) is 90.5 Å². The van der Waals surface area contributed by atoms with Crippen LogP contribution in [-0.2, 0) is 21.1 Å². The monoisotopic (exact) mass is 492 g/mol. The third-order valence-corrected chi connectivity index (χ3v) is 9.06. The fraction of sp³-hybridized carbons (Fsp3) is 0.231. The van der Waals surface area contributed by atoms with Gasteiger partial charge in [-0.2, -0.15) is 4.99 Å². The Morgan fingerprint density at radius 3 is 2.26 bits per heavy atom. The number of carbonyl (C=O) groups excluding carboxylic acids is 1. The lowest BCUT2D eigenvalue weighted by molar-refractivity contribution is -0.117. The van der Waals surface area contributed by atoms with E-state index in [0.29, 0.717) is 23.8 Å². The molecule has 3 aromatic rings. The Labute approximate surface area is 203 Å². The normalized spacial score (nSPS) is 22.0. The Kier molecular flexibility index (Phi) is 6.43. The number of thioether (sulfide) groups is 1. The van der Waals surface area contributed by atoms with Gasteiger partial charge in [-0.15, -0.1) is 0 Å². The maximum Gasteiger partial charge on any atom is 0.248 e. The highest BCUT2D eigenvalue weighted by Crippen LogP contribution is 2.41. The summed E-state index contributed by atoms with van der Waals surface area (Å²) >= 11 is 1.39. The summed E-state index contributed by atoms with van der Waals surface area (Å²) in [6.45, 7) is 0. The number of amidine groups is 1. The second-order valence-electron chi connectivity index (χ2n) is 8.35. The number of fused-ring (bicyclic) bond motifs is 1. The van der Waals surface area contributed by atoms with Crippen LogP contribution in [0, 0.1) is 0 Å². The van der Waals surface area contributed by atoms with E-state index < -0.39 is 9.84 Å². The van der Waals surface area contributed by atoms with Gasteiger partial charge < -0.3 is 9.64 Å². The van der Waals surface area contributed by atoms with E-state index in [2.05, 4.69) is 4.99 Å². The molecule has 2 aliphatic heterocycles. The Morgan fingerprint density at radius 1 is 0.912 bits per heavy atom. The number of aliphatic imine (C=N–C) groups is 1. The summed E-state index contributed by atoms with van der Waals surface area (Å²) in [5, 5.41) is 0.436. The standard InChI is InChI=1S/C26H24N2O4S2/c29-25(16-11-19-7-3-1-4-8-19)27-26-28(23-17-34(30,31)18-24(23)33-26)20-12-14-22(15-13-20)32-21-9-5-2-6-10-21/h1-10,12-15,23-24H,11,16-18H2. The van der Waals surface area contributed by atoms with Gasteiger partial charge in [0.1, 0.15) is 11.5 Å². The summed E-state index contributed by atoms with van der Waals surface area (Å²) in [5.41, 5.74) is 1.89. The molecular weight excluding hydrogens is 468 g/mol. The van der Waals surface area contributed by atoms with Crippen LogP contribution in [-0.4, -0.2) is 42.3 Å². The van der Waals surface area contributed by atoms with E-state index in [-0.39, 0.29) is 28.7 Å². The van der Waals surface area contributed by atoms with E-state index in [0.717, 1.165) is 17.0 Å². The molecule has 0 aromatic heterocycles. The van der Waals surface area contributed by atoms with Gasteiger partial charge in [0.15, 0.2) is 15.0 Å². The van der Waals surface area contributed by atoms with E-state index in [4.69, 9.17) is 4.74 Å². The number of amides is 1. The van der Waals surface area contributed by atoms with Crippen LogP contribution in [0.15, 0.2) is 89.9 Å². The van der Waals surface area contributed by atoms with Crippen molar-refractivity contribution in [1.29, 1.82) is 0 Å². The zero-order chi connectivity index (χ0) is 23.5. The third-order valence-electron chi connectivity index (χ3n) is 5.85. The quantitative estimate of drug-likeness (QED) is 0.496. The van der Waals surface area contributed by atoms with Gasteiger partial charge in [0, 0.05) is 17.4 Å². The van der Waals surface area contributed by atoms with Crippen molar-refractivity contribution in [2.75, 3.05) is 16.4 Å². The second kappa shape index (κ2) is 9.64. The average Bonchev–Trinajstić information content (AvgIpc) is 3.30. The summed E-state index contributed by atoms with van der Waals surface area (Å²) in [6, 6.07) is 26.6. The minimum Gasteiger partial charge on any atom is -0.457 e. The van der Waals surface area contributed by atoms with E-state index in [1.807, 2.05) is 89.8 Å². The molecule has 34 heavy (non-hydrogen) atoms. The summed E-state index contributed by atoms with van der Waals surface area (Å²) in [7, 11) is -3.12. The molecular formula is C26H24N2O4S2. The zero-order valence-electron chi connectivity index (χ0n) is 18.4. The fourth-order valence-electron chi connectivity index (χ4n) is 4.22. The molecule has 2 unspecified atom stereocenters. The topological polar surface area (TPSA) is 76.0 Å². The first-order chi connectivity index (χ1) is 16.5. The number of para-hydroxylation sites is 1. The number of sulfone groups is 1. The van der Waals surface area contributed by atoms with Crippen LogP contribution < -0.4 is 9.64 Å². The molecule has 0 N–H and O–H groups in total. The zero-order valence-corrected chi connectivity index (χ0v) is 20.0. The molecule has 0 aliphatic carbocycles. The fourth-order valence-corrected chi connectivity index (χ4v) is 8.16. The molecule has 3 aromatic carbocycles. The maximum atomic E-state index is 12.7. The number of ether oxygens (including phenoxy) is 1. The van der Waals surface area contributed by atoms with Gasteiger partial charge in [-0.3, -0.25) is 4.79 Å². The number of carbonyl (C=O) groups is 1. The van der Waals surface area contributed by atoms with Crippen molar-refractivity contribution >= 4 is 38.4 Å². The van der Waals surface area contributed by atoms with Gasteiger partial charge in [-0.25, -0.2) is 8.42 Å². The Bertz CT molecular complexity index is 1290. The summed E-state index contributed by atoms with van der Waals surface area (Å²) in [4.78, 5) is 19.0. The first-order valence-electron chi connectivity index (χ1n) is 11.1. The van der Waals surface area contributed by atoms with Crippen LogP contribution in [0.1, 0.15) is 12.0 Å². The number of benzene rings is 3. The SMILES string of the molecule is O=C(CCc1ccccc1)N=C1SC2CS(=O)(=O)CC2N1c1ccc(Oc2ccccc2)cc1. The maximum absolute atomic E-state index is 12.7. The highest BCUT2D eigenvalue weighted by atomic mass is 32.2. The molecule has 2 aliphatic rings. The van der Waals surface area contributed by atoms with Crippen molar-refractivity contribution in [2.45, 2.75) is 24.1 Å². The first-order valence-corrected chi connectivity index (χ1v) is 13.8. The van der Waals surface area contributed by atoms with Gasteiger partial charge in [0.05, 0.1) is 17.5 Å². The van der Waals surface area contributed by atoms with Crippen LogP contribution in [0.2, 0.25) is 0 Å². The van der Waals surface area contributed by atoms with E-state index in [9.17, 15) is 13.2 Å². The van der Waals surface area contributed by atoms with Crippen LogP contribution >= 0.6 is 11.8 Å². The predicted molar refractivity (Wildman–Crippen MR) is 136 cm³/mol. The minimum absolute atomic E-state index is 0.0597. The van der Waals surface area contributed by atoms with Crippen molar-refractivity contribution < 1.29 is 17.9 Å². The van der Waals surface area contributed by atoms with Crippen LogP contribution in [0.4, 0.5) is 5.69 Å². The molecule has 1 amide bonds. The molecule has 0 radical (unpaired) electrons. The molecule has 2 fully saturated rings. The molecule has 2 heterocycles. The van der Waals surface area contributed by atoms with Crippen molar-refractivity contribution in [1.82, 2.24) is 0 Å². The van der Waals surface area contributed by atoms with Crippen molar-refractivity contribution in [2.24, 2.45) is 4.99 Å². The third kappa shape index (κ3) is 5.18. The number of anilines is 1. The predicted octanol–water partition coefficient (Wildman–Crippen LogP) is 4.71. The van der Waals surface area contributed by atoms with Crippen LogP contribution in [0.3, 0.4) is 0 Å². The van der Waals surface area contributed by atoms with E-state index >= 15 is 0 Å². The molecule has 0 bridgehead atoms. The molecule has 2 saturated heterocycles. The highest BCUT2D eigenvalue weighted by molar-refractivity contribution is 8.16. The first kappa shape index (κ1) is 22.7. The number of nitrogens with zero attached hydrogens (tertiary/aromatic N) is 2. The van der Waals surface area contributed by atoms with Crippen molar-refractivity contribution in [3.63, 3.8) is 0 Å². The number of aryl methyl sites for hydroxylation is 1. The molecule has 0 spiro atoms.